The fraction of sp³-hybridized carbons (Fsp3) is 0.897. The minimum atomic E-state index is -0.159. The van der Waals surface area contributed by atoms with Gasteiger partial charge >= 0.3 is 0 Å². The van der Waals surface area contributed by atoms with Crippen LogP contribution in [-0.2, 0) is 4.79 Å². The van der Waals surface area contributed by atoms with Crippen LogP contribution in [0.5, 0.6) is 0 Å². The van der Waals surface area contributed by atoms with Crippen molar-refractivity contribution in [1.29, 1.82) is 0 Å². The highest BCUT2D eigenvalue weighted by molar-refractivity contribution is 5.91. The Balaban J connectivity index is 1.51. The van der Waals surface area contributed by atoms with Crippen molar-refractivity contribution in [1.82, 2.24) is 0 Å². The zero-order valence-corrected chi connectivity index (χ0v) is 21.1. The molecule has 176 valence electrons. The number of hydrogen-bond donors (Lipinski definition) is 1. The summed E-state index contributed by atoms with van der Waals surface area (Å²) in [5.74, 6) is 5.12. The third-order valence-electron chi connectivity index (χ3n) is 11.3. The summed E-state index contributed by atoms with van der Waals surface area (Å²) < 4.78 is 0. The molecule has 3 fully saturated rings. The lowest BCUT2D eigenvalue weighted by Crippen LogP contribution is -2.51. The van der Waals surface area contributed by atoms with Gasteiger partial charge in [-0.05, 0) is 110 Å². The Kier molecular flexibility index (Phi) is 6.54. The van der Waals surface area contributed by atoms with E-state index in [1.54, 1.807) is 0 Å². The van der Waals surface area contributed by atoms with Crippen molar-refractivity contribution in [3.8, 4) is 0 Å². The van der Waals surface area contributed by atoms with Gasteiger partial charge in [-0.3, -0.25) is 4.79 Å². The maximum atomic E-state index is 12.1. The lowest BCUT2D eigenvalue weighted by molar-refractivity contribution is -0.117. The van der Waals surface area contributed by atoms with Crippen LogP contribution in [0, 0.1) is 52.3 Å². The molecule has 4 rings (SSSR count). The molecular weight excluding hydrogens is 380 g/mol. The zero-order valence-electron chi connectivity index (χ0n) is 21.1. The highest BCUT2D eigenvalue weighted by Gasteiger charge is 2.59. The maximum absolute atomic E-state index is 12.1. The van der Waals surface area contributed by atoms with Crippen LogP contribution in [0.1, 0.15) is 106 Å². The summed E-state index contributed by atoms with van der Waals surface area (Å²) in [6.07, 6.45) is 13.6. The molecule has 0 aliphatic heterocycles. The van der Waals surface area contributed by atoms with E-state index in [-0.39, 0.29) is 11.5 Å². The Bertz CT molecular complexity index is 708. The lowest BCUT2D eigenvalue weighted by Gasteiger charge is -2.58. The van der Waals surface area contributed by atoms with Gasteiger partial charge in [-0.2, -0.15) is 0 Å². The molecule has 0 amide bonds. The quantitative estimate of drug-likeness (QED) is 0.485. The monoisotopic (exact) mass is 428 g/mol. The average Bonchev–Trinajstić information content (AvgIpc) is 3.08. The van der Waals surface area contributed by atoms with Gasteiger partial charge < -0.3 is 5.11 Å². The highest BCUT2D eigenvalue weighted by Crippen LogP contribution is 2.67. The van der Waals surface area contributed by atoms with Crippen LogP contribution in [0.15, 0.2) is 11.6 Å². The fourth-order valence-electron chi connectivity index (χ4n) is 9.17. The van der Waals surface area contributed by atoms with E-state index >= 15 is 0 Å². The molecule has 4 aliphatic carbocycles. The first-order valence-electron chi connectivity index (χ1n) is 13.5. The van der Waals surface area contributed by atoms with Crippen LogP contribution in [0.25, 0.3) is 0 Å². The Morgan fingerprint density at radius 1 is 1.03 bits per heavy atom. The standard InChI is InChI=1S/C29H48O2/c1-7-20(18(2)3)16-27(31)19(4)24-10-11-25-23-9-8-21-17-22(30)12-14-28(21,5)26(23)13-15-29(24,25)6/h17-20,23-27,31H,7-16H2,1-6H3/t19-,20+,23-,24+,25-,26-,27+,28-,29-/m0/s1. The van der Waals surface area contributed by atoms with Crippen molar-refractivity contribution in [2.45, 2.75) is 112 Å². The molecule has 0 aromatic heterocycles. The summed E-state index contributed by atoms with van der Waals surface area (Å²) in [4.78, 5) is 12.1. The van der Waals surface area contributed by atoms with Gasteiger partial charge in [-0.1, -0.05) is 53.5 Å². The molecule has 0 heterocycles. The van der Waals surface area contributed by atoms with Crippen LogP contribution in [0.2, 0.25) is 0 Å². The predicted molar refractivity (Wildman–Crippen MR) is 129 cm³/mol. The van der Waals surface area contributed by atoms with Crippen LogP contribution < -0.4 is 0 Å². The molecule has 0 radical (unpaired) electrons. The topological polar surface area (TPSA) is 37.3 Å². The number of hydrogen-bond acceptors (Lipinski definition) is 2. The van der Waals surface area contributed by atoms with Gasteiger partial charge in [0.2, 0.25) is 0 Å². The van der Waals surface area contributed by atoms with Gasteiger partial charge in [-0.25, -0.2) is 0 Å². The third-order valence-corrected chi connectivity index (χ3v) is 11.3. The molecule has 0 spiro atoms. The molecule has 31 heavy (non-hydrogen) atoms. The summed E-state index contributed by atoms with van der Waals surface area (Å²) in [5, 5.41) is 11.2. The SMILES string of the molecule is CC[C@H](C[C@@H](O)[C@@H](C)[C@H]1CC[C@H]2[C@@H]3CCC4=CC(=O)CC[C@]4(C)[C@H]3CC[C@@]12C)C(C)C. The van der Waals surface area contributed by atoms with Crippen LogP contribution >= 0.6 is 0 Å². The molecule has 0 saturated heterocycles. The fourth-order valence-corrected chi connectivity index (χ4v) is 9.17. The summed E-state index contributed by atoms with van der Waals surface area (Å²) in [6, 6.07) is 0. The molecule has 3 saturated carbocycles. The van der Waals surface area contributed by atoms with Gasteiger partial charge in [0.15, 0.2) is 5.78 Å². The van der Waals surface area contributed by atoms with E-state index in [2.05, 4.69) is 41.5 Å². The molecule has 2 heteroatoms. The first-order valence-corrected chi connectivity index (χ1v) is 13.5. The van der Waals surface area contributed by atoms with Gasteiger partial charge in [-0.15, -0.1) is 0 Å². The van der Waals surface area contributed by atoms with Gasteiger partial charge in [0, 0.05) is 6.42 Å². The molecule has 1 N–H and O–H groups in total. The Morgan fingerprint density at radius 2 is 1.77 bits per heavy atom. The van der Waals surface area contributed by atoms with E-state index < -0.39 is 0 Å². The molecule has 0 unspecified atom stereocenters. The van der Waals surface area contributed by atoms with Crippen LogP contribution in [0.4, 0.5) is 0 Å². The number of fused-ring (bicyclic) bond motifs is 5. The number of aliphatic hydroxyl groups excluding tert-OH is 1. The number of rotatable bonds is 6. The second-order valence-electron chi connectivity index (χ2n) is 12.8. The number of carbonyl (C=O) groups is 1. The second kappa shape index (κ2) is 8.62. The average molecular weight is 429 g/mol. The van der Waals surface area contributed by atoms with E-state index in [0.29, 0.717) is 34.9 Å². The minimum absolute atomic E-state index is 0.159. The molecule has 0 bridgehead atoms. The summed E-state index contributed by atoms with van der Waals surface area (Å²) in [5.41, 5.74) is 2.14. The first-order chi connectivity index (χ1) is 14.6. The van der Waals surface area contributed by atoms with Gasteiger partial charge in [0.25, 0.3) is 0 Å². The largest absolute Gasteiger partial charge is 0.393 e. The Hall–Kier alpha value is -0.630. The number of carbonyl (C=O) groups excluding carboxylic acids is 1. The Morgan fingerprint density at radius 3 is 2.45 bits per heavy atom. The predicted octanol–water partition coefficient (Wildman–Crippen LogP) is 7.20. The number of aliphatic hydroxyl groups is 1. The van der Waals surface area contributed by atoms with Gasteiger partial charge in [0.1, 0.15) is 0 Å². The lowest BCUT2D eigenvalue weighted by atomic mass is 9.46. The van der Waals surface area contributed by atoms with Crippen molar-refractivity contribution >= 4 is 5.78 Å². The summed E-state index contributed by atoms with van der Waals surface area (Å²) >= 11 is 0. The molecule has 9 atom stereocenters. The van der Waals surface area contributed by atoms with Crippen molar-refractivity contribution in [2.24, 2.45) is 52.3 Å². The van der Waals surface area contributed by atoms with E-state index in [9.17, 15) is 9.90 Å². The first kappa shape index (κ1) is 23.5. The smallest absolute Gasteiger partial charge is 0.155 e. The summed E-state index contributed by atoms with van der Waals surface area (Å²) in [7, 11) is 0. The maximum Gasteiger partial charge on any atom is 0.155 e. The van der Waals surface area contributed by atoms with Crippen molar-refractivity contribution in [2.75, 3.05) is 0 Å². The van der Waals surface area contributed by atoms with Crippen LogP contribution in [-0.4, -0.2) is 17.0 Å². The van der Waals surface area contributed by atoms with E-state index in [0.717, 1.165) is 43.4 Å². The molecule has 0 aromatic rings. The third kappa shape index (κ3) is 3.87. The second-order valence-corrected chi connectivity index (χ2v) is 12.8. The molecule has 4 aliphatic rings. The normalized spacial score (nSPS) is 43.0. The number of ketones is 1. The number of allylic oxidation sites excluding steroid dienone is 1. The molecule has 2 nitrogen and oxygen atoms in total. The summed E-state index contributed by atoms with van der Waals surface area (Å²) in [6.45, 7) is 14.3. The minimum Gasteiger partial charge on any atom is -0.393 e. The van der Waals surface area contributed by atoms with Crippen LogP contribution in [0.3, 0.4) is 0 Å². The van der Waals surface area contributed by atoms with E-state index in [1.807, 2.05) is 6.08 Å². The van der Waals surface area contributed by atoms with Crippen molar-refractivity contribution in [3.63, 3.8) is 0 Å². The van der Waals surface area contributed by atoms with E-state index in [1.165, 1.54) is 44.1 Å². The Labute approximate surface area is 191 Å². The van der Waals surface area contributed by atoms with E-state index in [4.69, 9.17) is 0 Å². The highest BCUT2D eigenvalue weighted by atomic mass is 16.3. The zero-order chi connectivity index (χ0) is 22.6. The van der Waals surface area contributed by atoms with Crippen molar-refractivity contribution < 1.29 is 9.90 Å². The molecule has 0 aromatic carbocycles. The van der Waals surface area contributed by atoms with Crippen molar-refractivity contribution in [3.05, 3.63) is 11.6 Å². The van der Waals surface area contributed by atoms with Gasteiger partial charge in [0.05, 0.1) is 6.10 Å². The molecular formula is C29H48O2.